The van der Waals surface area contributed by atoms with Crippen molar-refractivity contribution in [2.24, 2.45) is 0 Å². The molecular weight excluding hydrogens is 310 g/mol. The number of hydrogen-bond acceptors (Lipinski definition) is 2. The highest BCUT2D eigenvalue weighted by Crippen LogP contribution is 2.33. The van der Waals surface area contributed by atoms with E-state index in [4.69, 9.17) is 9.47 Å². The van der Waals surface area contributed by atoms with Crippen molar-refractivity contribution in [3.05, 3.63) is 84.4 Å². The van der Waals surface area contributed by atoms with Gasteiger partial charge in [0.05, 0.1) is 7.11 Å². The van der Waals surface area contributed by atoms with Crippen LogP contribution in [0.4, 0.5) is 0 Å². The van der Waals surface area contributed by atoms with E-state index in [1.165, 1.54) is 5.39 Å². The van der Waals surface area contributed by atoms with Gasteiger partial charge in [-0.15, -0.1) is 0 Å². The summed E-state index contributed by atoms with van der Waals surface area (Å²) in [7, 11) is 1.67. The Morgan fingerprint density at radius 2 is 1.60 bits per heavy atom. The van der Waals surface area contributed by atoms with E-state index < -0.39 is 0 Å². The van der Waals surface area contributed by atoms with Crippen molar-refractivity contribution >= 4 is 10.9 Å². The van der Waals surface area contributed by atoms with Crippen molar-refractivity contribution in [2.75, 3.05) is 7.11 Å². The highest BCUT2D eigenvalue weighted by atomic mass is 16.5. The van der Waals surface area contributed by atoms with Crippen molar-refractivity contribution in [3.63, 3.8) is 0 Å². The zero-order chi connectivity index (χ0) is 17.1. The van der Waals surface area contributed by atoms with Gasteiger partial charge in [-0.05, 0) is 35.9 Å². The third-order valence-electron chi connectivity index (χ3n) is 4.24. The van der Waals surface area contributed by atoms with Gasteiger partial charge in [-0.1, -0.05) is 48.5 Å². The summed E-state index contributed by atoms with van der Waals surface area (Å²) < 4.78 is 11.5. The van der Waals surface area contributed by atoms with Gasteiger partial charge in [-0.2, -0.15) is 0 Å². The van der Waals surface area contributed by atoms with Crippen LogP contribution in [0.3, 0.4) is 0 Å². The Bertz CT molecular complexity index is 956. The molecule has 4 rings (SSSR count). The number of benzene rings is 3. The molecule has 0 spiro atoms. The fourth-order valence-electron chi connectivity index (χ4n) is 2.92. The van der Waals surface area contributed by atoms with Gasteiger partial charge < -0.3 is 14.5 Å². The van der Waals surface area contributed by atoms with Crippen molar-refractivity contribution < 1.29 is 9.47 Å². The van der Waals surface area contributed by atoms with Crippen molar-refractivity contribution in [1.82, 2.24) is 4.98 Å². The lowest BCUT2D eigenvalue weighted by molar-refractivity contribution is 0.284. The van der Waals surface area contributed by atoms with Gasteiger partial charge in [0, 0.05) is 22.2 Å². The molecule has 1 aromatic heterocycles. The Balaban J connectivity index is 1.60. The van der Waals surface area contributed by atoms with Gasteiger partial charge in [-0.3, -0.25) is 0 Å². The molecule has 25 heavy (non-hydrogen) atoms. The molecule has 0 aliphatic carbocycles. The average Bonchev–Trinajstić information content (AvgIpc) is 3.11. The highest BCUT2D eigenvalue weighted by molar-refractivity contribution is 5.86. The zero-order valence-electron chi connectivity index (χ0n) is 14.0. The van der Waals surface area contributed by atoms with Crippen LogP contribution >= 0.6 is 0 Å². The fraction of sp³-hybridized carbons (Fsp3) is 0.0909. The first-order valence-electron chi connectivity index (χ1n) is 8.26. The number of aromatic amines is 1. The minimum absolute atomic E-state index is 0.517. The van der Waals surface area contributed by atoms with Gasteiger partial charge in [0.1, 0.15) is 6.61 Å². The van der Waals surface area contributed by atoms with Crippen molar-refractivity contribution in [2.45, 2.75) is 6.61 Å². The minimum Gasteiger partial charge on any atom is -0.493 e. The third-order valence-corrected chi connectivity index (χ3v) is 4.24. The maximum Gasteiger partial charge on any atom is 0.161 e. The Labute approximate surface area is 146 Å². The zero-order valence-corrected chi connectivity index (χ0v) is 14.0. The number of H-pyrrole nitrogens is 1. The predicted octanol–water partition coefficient (Wildman–Crippen LogP) is 5.42. The summed E-state index contributed by atoms with van der Waals surface area (Å²) in [6.45, 7) is 0.517. The summed E-state index contributed by atoms with van der Waals surface area (Å²) in [6.07, 6.45) is 0. The normalized spacial score (nSPS) is 10.8. The fourth-order valence-corrected chi connectivity index (χ4v) is 2.92. The summed E-state index contributed by atoms with van der Waals surface area (Å²) in [4.78, 5) is 3.44. The molecule has 0 radical (unpaired) electrons. The molecule has 3 aromatic carbocycles. The molecule has 3 nitrogen and oxygen atoms in total. The van der Waals surface area contributed by atoms with Gasteiger partial charge in [-0.25, -0.2) is 0 Å². The number of nitrogens with one attached hydrogen (secondary N) is 1. The molecule has 0 saturated heterocycles. The van der Waals surface area contributed by atoms with Crippen LogP contribution < -0.4 is 9.47 Å². The first kappa shape index (κ1) is 15.3. The first-order chi connectivity index (χ1) is 12.3. The lowest BCUT2D eigenvalue weighted by atomic mass is 10.1. The van der Waals surface area contributed by atoms with Crippen LogP contribution in [0, 0.1) is 0 Å². The average molecular weight is 329 g/mol. The van der Waals surface area contributed by atoms with Gasteiger partial charge in [0.15, 0.2) is 11.5 Å². The van der Waals surface area contributed by atoms with Crippen molar-refractivity contribution in [3.8, 4) is 22.8 Å². The standard InChI is InChI=1S/C22H19NO2/c1-24-22-14-18(20-13-17-9-5-6-10-19(17)23-20)11-12-21(22)25-15-16-7-3-2-4-8-16/h2-14,23H,15H2,1H3. The molecule has 4 aromatic rings. The van der Waals surface area contributed by atoms with E-state index in [9.17, 15) is 0 Å². The molecule has 0 fully saturated rings. The lowest BCUT2D eigenvalue weighted by Crippen LogP contribution is -1.97. The Morgan fingerprint density at radius 1 is 0.800 bits per heavy atom. The molecular formula is C22H19NO2. The molecule has 0 atom stereocenters. The largest absolute Gasteiger partial charge is 0.493 e. The molecule has 0 aliphatic heterocycles. The molecule has 0 bridgehead atoms. The molecule has 0 aliphatic rings. The quantitative estimate of drug-likeness (QED) is 0.530. The highest BCUT2D eigenvalue weighted by Gasteiger charge is 2.09. The van der Waals surface area contributed by atoms with E-state index >= 15 is 0 Å². The molecule has 0 saturated carbocycles. The summed E-state index contributed by atoms with van der Waals surface area (Å²) >= 11 is 0. The monoisotopic (exact) mass is 329 g/mol. The molecule has 1 heterocycles. The van der Waals surface area contributed by atoms with E-state index in [-0.39, 0.29) is 0 Å². The number of fused-ring (bicyclic) bond motifs is 1. The van der Waals surface area contributed by atoms with Crippen LogP contribution in [0.25, 0.3) is 22.2 Å². The molecule has 124 valence electrons. The van der Waals surface area contributed by atoms with Crippen LogP contribution in [-0.4, -0.2) is 12.1 Å². The minimum atomic E-state index is 0.517. The van der Waals surface area contributed by atoms with Crippen LogP contribution in [0.2, 0.25) is 0 Å². The smallest absolute Gasteiger partial charge is 0.161 e. The van der Waals surface area contributed by atoms with E-state index in [2.05, 4.69) is 23.2 Å². The number of para-hydroxylation sites is 1. The number of aromatic nitrogens is 1. The second-order valence-electron chi connectivity index (χ2n) is 5.91. The van der Waals surface area contributed by atoms with E-state index in [1.54, 1.807) is 7.11 Å². The van der Waals surface area contributed by atoms with E-state index in [0.29, 0.717) is 6.61 Å². The summed E-state index contributed by atoms with van der Waals surface area (Å²) in [5.74, 6) is 1.47. The predicted molar refractivity (Wildman–Crippen MR) is 101 cm³/mol. The SMILES string of the molecule is COc1cc(-c2cc3ccccc3[nH]2)ccc1OCc1ccccc1. The second-order valence-corrected chi connectivity index (χ2v) is 5.91. The van der Waals surface area contributed by atoms with Gasteiger partial charge in [0.25, 0.3) is 0 Å². The summed E-state index contributed by atoms with van der Waals surface area (Å²) in [5.41, 5.74) is 4.39. The lowest BCUT2D eigenvalue weighted by Gasteiger charge is -2.12. The Kier molecular flexibility index (Phi) is 4.13. The number of rotatable bonds is 5. The third kappa shape index (κ3) is 3.22. The molecule has 3 heteroatoms. The maximum absolute atomic E-state index is 5.93. The van der Waals surface area contributed by atoms with Crippen LogP contribution in [-0.2, 0) is 6.61 Å². The molecule has 1 N–H and O–H groups in total. The summed E-state index contributed by atoms with van der Waals surface area (Å²) in [6, 6.07) is 26.5. The van der Waals surface area contributed by atoms with Crippen LogP contribution in [0.1, 0.15) is 5.56 Å². The second kappa shape index (κ2) is 6.73. The van der Waals surface area contributed by atoms with Gasteiger partial charge in [0.2, 0.25) is 0 Å². The van der Waals surface area contributed by atoms with E-state index in [1.807, 2.05) is 60.7 Å². The van der Waals surface area contributed by atoms with Crippen molar-refractivity contribution in [1.29, 1.82) is 0 Å². The molecule has 0 unspecified atom stereocenters. The Hall–Kier alpha value is -3.20. The summed E-state index contributed by atoms with van der Waals surface area (Å²) in [5, 5.41) is 1.20. The number of hydrogen-bond donors (Lipinski definition) is 1. The Morgan fingerprint density at radius 3 is 2.40 bits per heavy atom. The van der Waals surface area contributed by atoms with Gasteiger partial charge >= 0.3 is 0 Å². The molecule has 0 amide bonds. The topological polar surface area (TPSA) is 34.2 Å². The number of methoxy groups -OCH3 is 1. The van der Waals surface area contributed by atoms with Crippen LogP contribution in [0.5, 0.6) is 11.5 Å². The number of ether oxygens (including phenoxy) is 2. The van der Waals surface area contributed by atoms with Crippen LogP contribution in [0.15, 0.2) is 78.9 Å². The maximum atomic E-state index is 5.93. The first-order valence-corrected chi connectivity index (χ1v) is 8.26. The van der Waals surface area contributed by atoms with E-state index in [0.717, 1.165) is 33.8 Å².